The van der Waals surface area contributed by atoms with Gasteiger partial charge in [-0.05, 0) is 19.1 Å². The van der Waals surface area contributed by atoms with Crippen molar-refractivity contribution < 1.29 is 24.1 Å². The number of β-lactam (4-membered cyclic amide) rings is 1. The van der Waals surface area contributed by atoms with Crippen LogP contribution >= 0.6 is 23.7 Å². The zero-order valence-corrected chi connectivity index (χ0v) is 18.2. The monoisotopic (exact) mass is 455 g/mol. The number of primary amides is 1. The number of thioether (sulfide) groups is 1. The summed E-state index contributed by atoms with van der Waals surface area (Å²) in [6.07, 6.45) is 3.32. The molecule has 1 aromatic heterocycles. The smallest absolute Gasteiger partial charge is 0.352 e. The maximum absolute atomic E-state index is 12.7. The lowest BCUT2D eigenvalue weighted by atomic mass is 10.1. The van der Waals surface area contributed by atoms with Crippen LogP contribution in [0.25, 0.3) is 0 Å². The number of aliphatic carboxylic acids is 1. The van der Waals surface area contributed by atoms with Gasteiger partial charge < -0.3 is 10.8 Å². The van der Waals surface area contributed by atoms with E-state index in [9.17, 15) is 19.5 Å². The molecule has 2 aliphatic rings. The Morgan fingerprint density at radius 1 is 1.26 bits per heavy atom. The van der Waals surface area contributed by atoms with Gasteiger partial charge in [0, 0.05) is 40.3 Å². The molecule has 2 amide bonds. The SMILES string of the molecule is Cc1ccc(SN=C2C(=O)N3C(C(=O)O)=C(C[n+]4ccc(C(N)=O)cc4)CSC23)cc1. The van der Waals surface area contributed by atoms with Crippen LogP contribution in [0, 0.1) is 6.92 Å². The molecule has 158 valence electrons. The molecular weight excluding hydrogens is 436 g/mol. The van der Waals surface area contributed by atoms with E-state index in [0.29, 0.717) is 22.6 Å². The van der Waals surface area contributed by atoms with Crippen molar-refractivity contribution in [3.05, 3.63) is 71.2 Å². The minimum Gasteiger partial charge on any atom is -0.477 e. The third kappa shape index (κ3) is 4.21. The van der Waals surface area contributed by atoms with Crippen molar-refractivity contribution in [3.63, 3.8) is 0 Å². The van der Waals surface area contributed by atoms with E-state index in [1.165, 1.54) is 28.6 Å². The van der Waals surface area contributed by atoms with Gasteiger partial charge in [0.05, 0.1) is 5.56 Å². The number of carbonyl (C=O) groups excluding carboxylic acids is 2. The second-order valence-electron chi connectivity index (χ2n) is 7.10. The molecule has 0 radical (unpaired) electrons. The molecule has 0 bridgehead atoms. The predicted octanol–water partition coefficient (Wildman–Crippen LogP) is 1.78. The Hall–Kier alpha value is -3.11. The third-order valence-electron chi connectivity index (χ3n) is 4.92. The van der Waals surface area contributed by atoms with Gasteiger partial charge in [0.25, 0.3) is 5.91 Å². The highest BCUT2D eigenvalue weighted by Gasteiger charge is 2.51. The van der Waals surface area contributed by atoms with Crippen LogP contribution in [-0.2, 0) is 16.1 Å². The molecule has 3 heterocycles. The Morgan fingerprint density at radius 2 is 1.94 bits per heavy atom. The highest BCUT2D eigenvalue weighted by molar-refractivity contribution is 8.01. The highest BCUT2D eigenvalue weighted by Crippen LogP contribution is 2.40. The molecule has 2 aliphatic heterocycles. The van der Waals surface area contributed by atoms with Gasteiger partial charge in [-0.2, -0.15) is 0 Å². The maximum Gasteiger partial charge on any atom is 0.352 e. The number of nitrogens with zero attached hydrogens (tertiary/aromatic N) is 3. The van der Waals surface area contributed by atoms with E-state index < -0.39 is 17.3 Å². The molecule has 0 aliphatic carbocycles. The summed E-state index contributed by atoms with van der Waals surface area (Å²) < 4.78 is 6.13. The maximum atomic E-state index is 12.7. The fourth-order valence-electron chi connectivity index (χ4n) is 3.29. The number of fused-ring (bicyclic) bond motifs is 1. The average Bonchev–Trinajstić information content (AvgIpc) is 2.75. The molecule has 0 saturated carbocycles. The first-order chi connectivity index (χ1) is 14.8. The van der Waals surface area contributed by atoms with Crippen LogP contribution in [0.4, 0.5) is 0 Å². The van der Waals surface area contributed by atoms with Crippen molar-refractivity contribution in [3.8, 4) is 0 Å². The first-order valence-corrected chi connectivity index (χ1v) is 11.2. The number of aryl methyl sites for hydroxylation is 1. The van der Waals surface area contributed by atoms with E-state index in [4.69, 9.17) is 5.73 Å². The molecule has 1 fully saturated rings. The quantitative estimate of drug-likeness (QED) is 0.390. The molecule has 1 saturated heterocycles. The Kier molecular flexibility index (Phi) is 5.84. The summed E-state index contributed by atoms with van der Waals surface area (Å²) in [5, 5.41) is 9.39. The van der Waals surface area contributed by atoms with Crippen LogP contribution in [0.3, 0.4) is 0 Å². The molecule has 1 aromatic carbocycles. The van der Waals surface area contributed by atoms with Crippen LogP contribution in [-0.4, -0.2) is 44.6 Å². The van der Waals surface area contributed by atoms with Crippen LogP contribution in [0.5, 0.6) is 0 Å². The number of rotatable bonds is 6. The van der Waals surface area contributed by atoms with Gasteiger partial charge in [0.15, 0.2) is 18.9 Å². The van der Waals surface area contributed by atoms with Gasteiger partial charge in [-0.1, -0.05) is 17.7 Å². The van der Waals surface area contributed by atoms with E-state index >= 15 is 0 Å². The molecule has 1 unspecified atom stereocenters. The predicted molar refractivity (Wildman–Crippen MR) is 117 cm³/mol. The van der Waals surface area contributed by atoms with Crippen molar-refractivity contribution in [2.24, 2.45) is 10.1 Å². The standard InChI is InChI=1S/C21H18N4O4S2/c1-12-2-4-15(5-3-12)31-23-16-19(27)25-17(21(28)29)14(11-30-20(16)25)10-24-8-6-13(7-9-24)18(22)26/h2-9,20H,10-11H2,1H3,(H2-,22,26,28,29)/p+1. The number of pyridine rings is 1. The molecule has 3 N–H and O–H groups in total. The molecule has 1 atom stereocenters. The van der Waals surface area contributed by atoms with Gasteiger partial charge in [-0.3, -0.25) is 14.5 Å². The number of carboxylic acids is 1. The van der Waals surface area contributed by atoms with E-state index in [1.807, 2.05) is 31.2 Å². The Bertz CT molecular complexity index is 1130. The number of hydrogen-bond donors (Lipinski definition) is 2. The minimum atomic E-state index is -1.15. The lowest BCUT2D eigenvalue weighted by molar-refractivity contribution is -0.689. The number of nitrogens with two attached hydrogens (primary N) is 1. The Morgan fingerprint density at radius 3 is 2.55 bits per heavy atom. The van der Waals surface area contributed by atoms with Gasteiger partial charge in [0.1, 0.15) is 16.8 Å². The Labute approximate surface area is 187 Å². The minimum absolute atomic E-state index is 0.000450. The lowest BCUT2D eigenvalue weighted by Gasteiger charge is -2.44. The first-order valence-electron chi connectivity index (χ1n) is 9.36. The van der Waals surface area contributed by atoms with Crippen LogP contribution < -0.4 is 10.3 Å². The zero-order chi connectivity index (χ0) is 22.1. The normalized spacial score (nSPS) is 19.3. The zero-order valence-electron chi connectivity index (χ0n) is 16.5. The number of hydrogen-bond acceptors (Lipinski definition) is 6. The molecule has 10 heteroatoms. The summed E-state index contributed by atoms with van der Waals surface area (Å²) in [5.41, 5.74) is 7.74. The number of carboxylic acid groups (broad SMARTS) is 1. The van der Waals surface area contributed by atoms with Gasteiger partial charge in [0.2, 0.25) is 5.91 Å². The van der Waals surface area contributed by atoms with E-state index in [2.05, 4.69) is 4.40 Å². The second kappa shape index (κ2) is 8.56. The van der Waals surface area contributed by atoms with Crippen molar-refractivity contribution in [2.45, 2.75) is 23.7 Å². The van der Waals surface area contributed by atoms with Gasteiger partial charge >= 0.3 is 5.97 Å². The largest absolute Gasteiger partial charge is 0.477 e. The summed E-state index contributed by atoms with van der Waals surface area (Å²) in [5.74, 6) is -1.61. The molecule has 31 heavy (non-hydrogen) atoms. The molecule has 8 nitrogen and oxygen atoms in total. The second-order valence-corrected chi connectivity index (χ2v) is 9.01. The number of carbonyl (C=O) groups is 3. The summed E-state index contributed by atoms with van der Waals surface area (Å²) >= 11 is 2.68. The highest BCUT2D eigenvalue weighted by atomic mass is 32.2. The molecule has 0 spiro atoms. The van der Waals surface area contributed by atoms with Gasteiger partial charge in [-0.15, -0.1) is 11.8 Å². The van der Waals surface area contributed by atoms with Crippen molar-refractivity contribution in [2.75, 3.05) is 5.75 Å². The first kappa shape index (κ1) is 21.1. The number of benzene rings is 1. The number of aromatic nitrogens is 1. The summed E-state index contributed by atoms with van der Waals surface area (Å²) in [4.78, 5) is 38.1. The Balaban J connectivity index is 1.54. The van der Waals surface area contributed by atoms with Crippen LogP contribution in [0.1, 0.15) is 15.9 Å². The average molecular weight is 456 g/mol. The third-order valence-corrected chi connectivity index (χ3v) is 6.96. The summed E-state index contributed by atoms with van der Waals surface area (Å²) in [6.45, 7) is 2.28. The van der Waals surface area contributed by atoms with E-state index in [-0.39, 0.29) is 18.1 Å². The van der Waals surface area contributed by atoms with Crippen LogP contribution in [0.2, 0.25) is 0 Å². The summed E-state index contributed by atoms with van der Waals surface area (Å²) in [6, 6.07) is 10.9. The molecule has 4 rings (SSSR count). The van der Waals surface area contributed by atoms with E-state index in [1.54, 1.807) is 29.1 Å². The van der Waals surface area contributed by atoms with Crippen LogP contribution in [0.15, 0.2) is 69.4 Å². The summed E-state index contributed by atoms with van der Waals surface area (Å²) in [7, 11) is 0. The number of amides is 2. The van der Waals surface area contributed by atoms with Crippen molar-refractivity contribution in [1.82, 2.24) is 4.90 Å². The topological polar surface area (TPSA) is 117 Å². The lowest BCUT2D eigenvalue weighted by Crippen LogP contribution is -2.62. The molecular formula is C21H19N4O4S2+. The van der Waals surface area contributed by atoms with Gasteiger partial charge in [-0.25, -0.2) is 13.8 Å². The van der Waals surface area contributed by atoms with E-state index in [0.717, 1.165) is 10.5 Å². The molecule has 2 aromatic rings. The van der Waals surface area contributed by atoms with Crippen molar-refractivity contribution in [1.29, 1.82) is 0 Å². The fourth-order valence-corrected chi connectivity index (χ4v) is 5.24. The fraction of sp³-hybridized carbons (Fsp3) is 0.190. The van der Waals surface area contributed by atoms with Crippen molar-refractivity contribution >= 4 is 47.2 Å².